The molecule has 0 aliphatic rings. The summed E-state index contributed by atoms with van der Waals surface area (Å²) in [6, 6.07) is 20.1. The van der Waals surface area contributed by atoms with Gasteiger partial charge in [-0.25, -0.2) is 0 Å². The number of hydrogen-bond acceptors (Lipinski definition) is 1. The highest BCUT2D eigenvalue weighted by molar-refractivity contribution is 6.24. The van der Waals surface area contributed by atoms with E-state index in [1.165, 1.54) is 25.7 Å². The quantitative estimate of drug-likeness (QED) is 0.355. The molecule has 0 bridgehead atoms. The molecule has 1 atom stereocenters. The number of amides is 1. The standard InChI is InChI=1S/C23H29NO/c1-3-4-5-8-13-19(2)24-23(25)22(21-16-11-7-12-17-21)18-20-14-9-6-10-15-20/h6-7,9-12,14-19H,3-5,8,13H2,1-2H3,(H,24,25)/b22-18-. The van der Waals surface area contributed by atoms with Crippen molar-refractivity contribution in [2.45, 2.75) is 52.0 Å². The second-order valence-electron chi connectivity index (χ2n) is 6.56. The number of nitrogens with one attached hydrogen (secondary N) is 1. The number of hydrogen-bond donors (Lipinski definition) is 1. The Balaban J connectivity index is 2.10. The van der Waals surface area contributed by atoms with Crippen molar-refractivity contribution in [2.24, 2.45) is 0 Å². The molecule has 1 unspecified atom stereocenters. The first-order valence-corrected chi connectivity index (χ1v) is 9.33. The smallest absolute Gasteiger partial charge is 0.252 e. The first kappa shape index (κ1) is 19.0. The first-order chi connectivity index (χ1) is 12.2. The molecule has 0 aromatic heterocycles. The molecule has 2 aromatic carbocycles. The van der Waals surface area contributed by atoms with Crippen molar-refractivity contribution in [3.05, 3.63) is 71.8 Å². The first-order valence-electron chi connectivity index (χ1n) is 9.33. The van der Waals surface area contributed by atoms with E-state index in [9.17, 15) is 4.79 Å². The van der Waals surface area contributed by atoms with Crippen molar-refractivity contribution in [2.75, 3.05) is 0 Å². The van der Waals surface area contributed by atoms with Crippen LogP contribution in [0.4, 0.5) is 0 Å². The van der Waals surface area contributed by atoms with Gasteiger partial charge in [0.2, 0.25) is 0 Å². The van der Waals surface area contributed by atoms with Gasteiger partial charge in [-0.3, -0.25) is 4.79 Å². The SMILES string of the molecule is CCCCCCC(C)NC(=O)/C(=C\c1ccccc1)c1ccccc1. The van der Waals surface area contributed by atoms with Crippen molar-refractivity contribution in [1.29, 1.82) is 0 Å². The number of unbranched alkanes of at least 4 members (excludes halogenated alkanes) is 3. The van der Waals surface area contributed by atoms with Gasteiger partial charge in [0.05, 0.1) is 0 Å². The van der Waals surface area contributed by atoms with Crippen LogP contribution in [0.25, 0.3) is 11.6 Å². The van der Waals surface area contributed by atoms with Crippen LogP contribution in [0.3, 0.4) is 0 Å². The fourth-order valence-corrected chi connectivity index (χ4v) is 2.86. The Morgan fingerprint density at radius 1 is 0.960 bits per heavy atom. The zero-order valence-corrected chi connectivity index (χ0v) is 15.4. The van der Waals surface area contributed by atoms with Crippen LogP contribution in [0, 0.1) is 0 Å². The van der Waals surface area contributed by atoms with Gasteiger partial charge >= 0.3 is 0 Å². The summed E-state index contributed by atoms with van der Waals surface area (Å²) in [4.78, 5) is 12.9. The minimum atomic E-state index is -0.00181. The molecule has 1 amide bonds. The van der Waals surface area contributed by atoms with Crippen LogP contribution >= 0.6 is 0 Å². The monoisotopic (exact) mass is 335 g/mol. The Morgan fingerprint density at radius 2 is 1.60 bits per heavy atom. The van der Waals surface area contributed by atoms with E-state index < -0.39 is 0 Å². The molecule has 2 aromatic rings. The summed E-state index contributed by atoms with van der Waals surface area (Å²) in [6.07, 6.45) is 7.90. The second-order valence-corrected chi connectivity index (χ2v) is 6.56. The maximum atomic E-state index is 12.9. The summed E-state index contributed by atoms with van der Waals surface area (Å²) in [7, 11) is 0. The molecule has 25 heavy (non-hydrogen) atoms. The van der Waals surface area contributed by atoms with Crippen LogP contribution in [0.2, 0.25) is 0 Å². The van der Waals surface area contributed by atoms with Gasteiger partial charge in [0.25, 0.3) is 5.91 Å². The maximum Gasteiger partial charge on any atom is 0.252 e. The van der Waals surface area contributed by atoms with E-state index in [0.29, 0.717) is 5.57 Å². The summed E-state index contributed by atoms with van der Waals surface area (Å²) in [5.74, 6) is -0.00181. The third kappa shape index (κ3) is 6.58. The van der Waals surface area contributed by atoms with E-state index in [1.807, 2.05) is 66.7 Å². The van der Waals surface area contributed by atoms with Gasteiger partial charge in [0, 0.05) is 11.6 Å². The van der Waals surface area contributed by atoms with E-state index in [0.717, 1.165) is 17.5 Å². The lowest BCUT2D eigenvalue weighted by molar-refractivity contribution is -0.116. The fraction of sp³-hybridized carbons (Fsp3) is 0.348. The summed E-state index contributed by atoms with van der Waals surface area (Å²) < 4.78 is 0. The second kappa shape index (κ2) is 10.5. The van der Waals surface area contributed by atoms with Gasteiger partial charge in [0.1, 0.15) is 0 Å². The van der Waals surface area contributed by atoms with E-state index in [2.05, 4.69) is 19.2 Å². The lowest BCUT2D eigenvalue weighted by Gasteiger charge is -2.16. The van der Waals surface area contributed by atoms with Crippen molar-refractivity contribution >= 4 is 17.6 Å². The molecule has 0 spiro atoms. The third-order valence-corrected chi connectivity index (χ3v) is 4.31. The van der Waals surface area contributed by atoms with Gasteiger partial charge in [-0.1, -0.05) is 93.3 Å². The van der Waals surface area contributed by atoms with E-state index in [1.54, 1.807) is 0 Å². The molecule has 0 aliphatic heterocycles. The van der Waals surface area contributed by atoms with Crippen LogP contribution in [0.5, 0.6) is 0 Å². The Hall–Kier alpha value is -2.35. The van der Waals surface area contributed by atoms with Crippen molar-refractivity contribution < 1.29 is 4.79 Å². The molecule has 132 valence electrons. The topological polar surface area (TPSA) is 29.1 Å². The molecule has 0 radical (unpaired) electrons. The average Bonchev–Trinajstić information content (AvgIpc) is 2.65. The zero-order valence-electron chi connectivity index (χ0n) is 15.4. The lowest BCUT2D eigenvalue weighted by atomic mass is 10.0. The number of carbonyl (C=O) groups excluding carboxylic acids is 1. The van der Waals surface area contributed by atoms with Crippen LogP contribution in [0.1, 0.15) is 57.1 Å². The van der Waals surface area contributed by atoms with Crippen LogP contribution < -0.4 is 5.32 Å². The molecule has 2 rings (SSSR count). The lowest BCUT2D eigenvalue weighted by Crippen LogP contribution is -2.33. The number of rotatable bonds is 9. The highest BCUT2D eigenvalue weighted by Crippen LogP contribution is 2.19. The molecular formula is C23H29NO. The van der Waals surface area contributed by atoms with Crippen LogP contribution in [0.15, 0.2) is 60.7 Å². The molecule has 0 saturated carbocycles. The fourth-order valence-electron chi connectivity index (χ4n) is 2.86. The number of carbonyl (C=O) groups is 1. The predicted molar refractivity (Wildman–Crippen MR) is 107 cm³/mol. The molecule has 0 saturated heterocycles. The third-order valence-electron chi connectivity index (χ3n) is 4.31. The van der Waals surface area contributed by atoms with E-state index >= 15 is 0 Å². The van der Waals surface area contributed by atoms with Crippen LogP contribution in [-0.2, 0) is 4.79 Å². The molecule has 0 fully saturated rings. The minimum Gasteiger partial charge on any atom is -0.350 e. The van der Waals surface area contributed by atoms with Gasteiger partial charge in [-0.2, -0.15) is 0 Å². The van der Waals surface area contributed by atoms with E-state index in [-0.39, 0.29) is 11.9 Å². The zero-order chi connectivity index (χ0) is 17.9. The van der Waals surface area contributed by atoms with Crippen LogP contribution in [-0.4, -0.2) is 11.9 Å². The van der Waals surface area contributed by atoms with Gasteiger partial charge < -0.3 is 5.32 Å². The summed E-state index contributed by atoms with van der Waals surface area (Å²) in [5.41, 5.74) is 2.70. The molecular weight excluding hydrogens is 306 g/mol. The molecule has 0 heterocycles. The average molecular weight is 335 g/mol. The molecule has 2 nitrogen and oxygen atoms in total. The summed E-state index contributed by atoms with van der Waals surface area (Å²) in [5, 5.41) is 3.17. The summed E-state index contributed by atoms with van der Waals surface area (Å²) >= 11 is 0. The van der Waals surface area contributed by atoms with Crippen molar-refractivity contribution in [1.82, 2.24) is 5.32 Å². The van der Waals surface area contributed by atoms with Crippen molar-refractivity contribution in [3.8, 4) is 0 Å². The van der Waals surface area contributed by atoms with Crippen molar-refractivity contribution in [3.63, 3.8) is 0 Å². The molecule has 1 N–H and O–H groups in total. The Labute approximate surface area is 152 Å². The van der Waals surface area contributed by atoms with E-state index in [4.69, 9.17) is 0 Å². The Morgan fingerprint density at radius 3 is 2.24 bits per heavy atom. The maximum absolute atomic E-state index is 12.9. The van der Waals surface area contributed by atoms with Gasteiger partial charge in [-0.15, -0.1) is 0 Å². The predicted octanol–water partition coefficient (Wildman–Crippen LogP) is 5.70. The summed E-state index contributed by atoms with van der Waals surface area (Å²) in [6.45, 7) is 4.31. The highest BCUT2D eigenvalue weighted by atomic mass is 16.1. The molecule has 0 aliphatic carbocycles. The molecule has 2 heteroatoms. The normalized spacial score (nSPS) is 12.6. The number of benzene rings is 2. The highest BCUT2D eigenvalue weighted by Gasteiger charge is 2.14. The Bertz CT molecular complexity index is 661. The van der Waals surface area contributed by atoms with Gasteiger partial charge in [0.15, 0.2) is 0 Å². The van der Waals surface area contributed by atoms with Gasteiger partial charge in [-0.05, 0) is 30.5 Å². The minimum absolute atomic E-state index is 0.00181. The Kier molecular flexibility index (Phi) is 7.97. The largest absolute Gasteiger partial charge is 0.350 e.